The molecule has 2 saturated heterocycles. The fraction of sp³-hybridized carbons (Fsp3) is 1.00. The molecule has 2 atom stereocenters. The van der Waals surface area contributed by atoms with Crippen molar-refractivity contribution in [3.8, 4) is 0 Å². The first-order valence-corrected chi connectivity index (χ1v) is 5.20. The second-order valence-electron chi connectivity index (χ2n) is 4.80. The fourth-order valence-electron chi connectivity index (χ4n) is 2.56. The summed E-state index contributed by atoms with van der Waals surface area (Å²) in [6.07, 6.45) is 0. The molecule has 0 bridgehead atoms. The van der Waals surface area contributed by atoms with Crippen LogP contribution in [0.25, 0.3) is 0 Å². The second kappa shape index (κ2) is 3.23. The van der Waals surface area contributed by atoms with E-state index in [1.54, 1.807) is 0 Å². The minimum atomic E-state index is 0.282. The van der Waals surface area contributed by atoms with E-state index in [2.05, 4.69) is 18.7 Å². The van der Waals surface area contributed by atoms with Crippen LogP contribution in [0, 0.1) is 11.3 Å². The molecule has 0 amide bonds. The highest BCUT2D eigenvalue weighted by atomic mass is 16.5. The largest absolute Gasteiger partial charge is 0.380 e. The molecule has 0 spiro atoms. The van der Waals surface area contributed by atoms with E-state index >= 15 is 0 Å². The predicted molar refractivity (Wildman–Crippen MR) is 52.5 cm³/mol. The van der Waals surface area contributed by atoms with Gasteiger partial charge in [0.25, 0.3) is 0 Å². The Balaban J connectivity index is 2.09. The van der Waals surface area contributed by atoms with Crippen LogP contribution in [-0.2, 0) is 4.74 Å². The normalized spacial score (nSPS) is 40.2. The Hall–Kier alpha value is -0.120. The summed E-state index contributed by atoms with van der Waals surface area (Å²) in [6, 6.07) is 0.647. The van der Waals surface area contributed by atoms with Crippen LogP contribution in [0.1, 0.15) is 13.8 Å². The third-order valence-corrected chi connectivity index (χ3v) is 3.68. The monoisotopic (exact) mass is 184 g/mol. The lowest BCUT2D eigenvalue weighted by atomic mass is 9.81. The van der Waals surface area contributed by atoms with Crippen molar-refractivity contribution in [2.75, 3.05) is 32.8 Å². The van der Waals surface area contributed by atoms with E-state index < -0.39 is 0 Å². The highest BCUT2D eigenvalue weighted by Crippen LogP contribution is 2.40. The molecule has 2 aliphatic rings. The van der Waals surface area contributed by atoms with Crippen LogP contribution in [0.4, 0.5) is 0 Å². The molecule has 0 saturated carbocycles. The van der Waals surface area contributed by atoms with E-state index in [4.69, 9.17) is 10.5 Å². The van der Waals surface area contributed by atoms with Crippen LogP contribution in [0.15, 0.2) is 0 Å². The molecule has 0 radical (unpaired) electrons. The molecule has 0 aliphatic carbocycles. The van der Waals surface area contributed by atoms with Crippen LogP contribution in [-0.4, -0.2) is 43.8 Å². The third-order valence-electron chi connectivity index (χ3n) is 3.68. The van der Waals surface area contributed by atoms with Gasteiger partial charge in [0, 0.05) is 37.0 Å². The Morgan fingerprint density at radius 3 is 2.92 bits per heavy atom. The smallest absolute Gasteiger partial charge is 0.0551 e. The van der Waals surface area contributed by atoms with Gasteiger partial charge in [0.05, 0.1) is 13.2 Å². The summed E-state index contributed by atoms with van der Waals surface area (Å²) in [5.41, 5.74) is 6.15. The molecule has 3 heteroatoms. The molecule has 3 nitrogen and oxygen atoms in total. The van der Waals surface area contributed by atoms with Crippen molar-refractivity contribution in [2.24, 2.45) is 17.1 Å². The van der Waals surface area contributed by atoms with Crippen molar-refractivity contribution >= 4 is 0 Å². The second-order valence-corrected chi connectivity index (χ2v) is 4.80. The summed E-state index contributed by atoms with van der Waals surface area (Å²) < 4.78 is 5.53. The van der Waals surface area contributed by atoms with Gasteiger partial charge in [0.15, 0.2) is 0 Å². The molecule has 0 unspecified atom stereocenters. The number of hydrogen-bond donors (Lipinski definition) is 1. The van der Waals surface area contributed by atoms with Crippen molar-refractivity contribution < 1.29 is 4.74 Å². The van der Waals surface area contributed by atoms with Crippen LogP contribution < -0.4 is 5.73 Å². The number of hydrogen-bond acceptors (Lipinski definition) is 3. The van der Waals surface area contributed by atoms with E-state index in [9.17, 15) is 0 Å². The predicted octanol–water partition coefficient (Wildman–Crippen LogP) is 0.302. The molecule has 0 aromatic rings. The van der Waals surface area contributed by atoms with Gasteiger partial charge in [0.2, 0.25) is 0 Å². The Morgan fingerprint density at radius 1 is 1.62 bits per heavy atom. The third kappa shape index (κ3) is 1.39. The minimum Gasteiger partial charge on any atom is -0.380 e. The van der Waals surface area contributed by atoms with Crippen LogP contribution in [0.5, 0.6) is 0 Å². The first-order chi connectivity index (χ1) is 6.18. The minimum absolute atomic E-state index is 0.282. The molecular weight excluding hydrogens is 164 g/mol. The summed E-state index contributed by atoms with van der Waals surface area (Å²) in [4.78, 5) is 2.53. The highest BCUT2D eigenvalue weighted by Gasteiger charge is 2.49. The number of ether oxygens (including phenoxy) is 1. The SMILES string of the molecule is CC(C)N1C[C@H]2COC[C@@]2(CN)C1. The molecular formula is C10H20N2O. The summed E-state index contributed by atoms with van der Waals surface area (Å²) in [7, 11) is 0. The van der Waals surface area contributed by atoms with Gasteiger partial charge >= 0.3 is 0 Å². The number of nitrogens with two attached hydrogens (primary N) is 1. The summed E-state index contributed by atoms with van der Waals surface area (Å²) >= 11 is 0. The van der Waals surface area contributed by atoms with Gasteiger partial charge in [-0.1, -0.05) is 0 Å². The molecule has 2 fully saturated rings. The lowest BCUT2D eigenvalue weighted by Gasteiger charge is -2.26. The first kappa shape index (κ1) is 9.44. The fourth-order valence-corrected chi connectivity index (χ4v) is 2.56. The molecule has 2 rings (SSSR count). The standard InChI is InChI=1S/C10H20N2O/c1-8(2)12-3-9-4-13-7-10(9,5-11)6-12/h8-9H,3-7,11H2,1-2H3/t9-,10+/m0/s1. The summed E-state index contributed by atoms with van der Waals surface area (Å²) in [5.74, 6) is 0.680. The number of rotatable bonds is 2. The Bertz CT molecular complexity index is 195. The zero-order valence-electron chi connectivity index (χ0n) is 8.62. The topological polar surface area (TPSA) is 38.5 Å². The maximum atomic E-state index is 5.87. The van der Waals surface area contributed by atoms with Gasteiger partial charge in [-0.05, 0) is 13.8 Å². The molecule has 2 aliphatic heterocycles. The van der Waals surface area contributed by atoms with E-state index in [1.165, 1.54) is 6.54 Å². The van der Waals surface area contributed by atoms with Gasteiger partial charge in [0.1, 0.15) is 0 Å². The van der Waals surface area contributed by atoms with Crippen molar-refractivity contribution in [2.45, 2.75) is 19.9 Å². The average Bonchev–Trinajstić information content (AvgIpc) is 2.58. The zero-order chi connectivity index (χ0) is 9.47. The van der Waals surface area contributed by atoms with Crippen molar-refractivity contribution in [3.63, 3.8) is 0 Å². The lowest BCUT2D eigenvalue weighted by molar-refractivity contribution is 0.122. The van der Waals surface area contributed by atoms with Crippen molar-refractivity contribution in [1.82, 2.24) is 4.90 Å². The number of nitrogens with zero attached hydrogens (tertiary/aromatic N) is 1. The molecule has 0 aromatic heterocycles. The molecule has 0 aromatic carbocycles. The van der Waals surface area contributed by atoms with E-state index in [-0.39, 0.29) is 5.41 Å². The van der Waals surface area contributed by atoms with Crippen LogP contribution in [0.2, 0.25) is 0 Å². The summed E-state index contributed by atoms with van der Waals surface area (Å²) in [6.45, 7) is 9.39. The zero-order valence-corrected chi connectivity index (χ0v) is 8.62. The molecule has 13 heavy (non-hydrogen) atoms. The van der Waals surface area contributed by atoms with E-state index in [0.717, 1.165) is 26.3 Å². The average molecular weight is 184 g/mol. The van der Waals surface area contributed by atoms with Gasteiger partial charge < -0.3 is 10.5 Å². The van der Waals surface area contributed by atoms with Crippen molar-refractivity contribution in [1.29, 1.82) is 0 Å². The number of likely N-dealkylation sites (tertiary alicyclic amines) is 1. The Kier molecular flexibility index (Phi) is 2.34. The van der Waals surface area contributed by atoms with Gasteiger partial charge in [-0.25, -0.2) is 0 Å². The van der Waals surface area contributed by atoms with Crippen LogP contribution >= 0.6 is 0 Å². The lowest BCUT2D eigenvalue weighted by Crippen LogP contribution is -2.39. The number of fused-ring (bicyclic) bond motifs is 1. The van der Waals surface area contributed by atoms with Crippen LogP contribution in [0.3, 0.4) is 0 Å². The maximum Gasteiger partial charge on any atom is 0.0551 e. The molecule has 2 N–H and O–H groups in total. The maximum absolute atomic E-state index is 5.87. The molecule has 2 heterocycles. The van der Waals surface area contributed by atoms with E-state index in [0.29, 0.717) is 12.0 Å². The Morgan fingerprint density at radius 2 is 2.38 bits per heavy atom. The Labute approximate surface area is 80.2 Å². The van der Waals surface area contributed by atoms with E-state index in [1.807, 2.05) is 0 Å². The summed E-state index contributed by atoms with van der Waals surface area (Å²) in [5, 5.41) is 0. The van der Waals surface area contributed by atoms with Gasteiger partial charge in [-0.3, -0.25) is 4.90 Å². The van der Waals surface area contributed by atoms with Gasteiger partial charge in [-0.15, -0.1) is 0 Å². The highest BCUT2D eigenvalue weighted by molar-refractivity contribution is 5.01. The van der Waals surface area contributed by atoms with Gasteiger partial charge in [-0.2, -0.15) is 0 Å². The molecule has 76 valence electrons. The quantitative estimate of drug-likeness (QED) is 0.671. The van der Waals surface area contributed by atoms with Crippen molar-refractivity contribution in [3.05, 3.63) is 0 Å². The first-order valence-electron chi connectivity index (χ1n) is 5.20.